The second kappa shape index (κ2) is 39.6. The van der Waals surface area contributed by atoms with Gasteiger partial charge in [-0.3, -0.25) is 14.5 Å². The molecule has 0 saturated heterocycles. The van der Waals surface area contributed by atoms with Crippen LogP contribution >= 0.6 is 0 Å². The third kappa shape index (κ3) is 22.6. The molecule has 0 spiro atoms. The summed E-state index contributed by atoms with van der Waals surface area (Å²) in [4.78, 5) is 52.6. The zero-order valence-corrected chi connectivity index (χ0v) is 59.8. The maximum atomic E-state index is 14.0. The molecule has 0 aliphatic heterocycles. The van der Waals surface area contributed by atoms with E-state index in [1.165, 1.54) is 88.5 Å². The molecule has 4 atom stereocenters. The molecule has 0 bridgehead atoms. The molecule has 0 unspecified atom stereocenters. The first-order chi connectivity index (χ1) is 47.2. The number of carboxylic acids is 2. The quantitative estimate of drug-likeness (QED) is 0.0226. The van der Waals surface area contributed by atoms with Crippen LogP contribution in [-0.4, -0.2) is 146 Å². The Morgan fingerprint density at radius 2 is 0.808 bits per heavy atom. The Hall–Kier alpha value is -7.36. The van der Waals surface area contributed by atoms with E-state index >= 15 is 0 Å². The molecule has 0 radical (unpaired) electrons. The minimum atomic E-state index is -1.39. The summed E-state index contributed by atoms with van der Waals surface area (Å²) in [6.07, 6.45) is 8.85. The number of amides is 2. The summed E-state index contributed by atoms with van der Waals surface area (Å²) in [6.45, 7) is 10.4. The van der Waals surface area contributed by atoms with E-state index in [0.29, 0.717) is 56.1 Å². The molecule has 10 rings (SSSR count). The van der Waals surface area contributed by atoms with Crippen LogP contribution in [0.1, 0.15) is 174 Å². The van der Waals surface area contributed by atoms with Crippen molar-refractivity contribution in [2.75, 3.05) is 23.7 Å². The van der Waals surface area contributed by atoms with Gasteiger partial charge in [-0.25, -0.2) is 8.78 Å². The van der Waals surface area contributed by atoms with E-state index in [-0.39, 0.29) is 100 Å². The normalized spacial score (nSPS) is 14.6. The van der Waals surface area contributed by atoms with E-state index in [1.54, 1.807) is 48.5 Å². The zero-order chi connectivity index (χ0) is 70.3. The summed E-state index contributed by atoms with van der Waals surface area (Å²) < 4.78 is 32.0. The van der Waals surface area contributed by atoms with Gasteiger partial charge in [0.25, 0.3) is 11.8 Å². The van der Waals surface area contributed by atoms with Crippen molar-refractivity contribution in [1.82, 2.24) is 14.0 Å². The molecule has 2 aliphatic carbocycles. The Morgan fingerprint density at radius 1 is 0.485 bits per heavy atom. The van der Waals surface area contributed by atoms with Crippen LogP contribution in [-0.2, 0) is 22.7 Å². The first-order valence-electron chi connectivity index (χ1n) is 34.7. The second-order valence-electron chi connectivity index (χ2n) is 26.4. The van der Waals surface area contributed by atoms with Gasteiger partial charge in [0.2, 0.25) is 0 Å². The molecule has 2 heterocycles. The monoisotopic (exact) mass is 1380 g/mol. The molecule has 522 valence electrons. The number of rotatable bonds is 28. The summed E-state index contributed by atoms with van der Waals surface area (Å²) in [5.74, 6) is -4.41. The van der Waals surface area contributed by atoms with Gasteiger partial charge in [0.05, 0.1) is 46.9 Å². The fourth-order valence-corrected chi connectivity index (χ4v) is 14.0. The first-order valence-corrected chi connectivity index (χ1v) is 34.7. The van der Waals surface area contributed by atoms with Crippen LogP contribution in [0.3, 0.4) is 0 Å². The van der Waals surface area contributed by atoms with Crippen LogP contribution in [0, 0.1) is 11.6 Å². The Kier molecular flexibility index (Phi) is 31.6. The number of anilines is 2. The van der Waals surface area contributed by atoms with E-state index in [1.807, 2.05) is 134 Å². The fourth-order valence-electron chi connectivity index (χ4n) is 14.0. The molecule has 2 aromatic heterocycles. The van der Waals surface area contributed by atoms with E-state index in [2.05, 4.69) is 15.5 Å². The van der Waals surface area contributed by atoms with Crippen LogP contribution in [0.25, 0.3) is 44.8 Å². The number of benzene rings is 6. The summed E-state index contributed by atoms with van der Waals surface area (Å²) in [6, 6.07) is 51.1. The van der Waals surface area contributed by atoms with Crippen LogP contribution in [0.2, 0.25) is 0 Å². The van der Waals surface area contributed by atoms with E-state index in [0.717, 1.165) is 47.7 Å². The fraction of sp³-hybridized carbons (Fsp3) is 0.400. The van der Waals surface area contributed by atoms with Crippen LogP contribution < -0.4 is 26.6 Å². The zero-order valence-electron chi connectivity index (χ0n) is 57.5. The smallest absolute Gasteiger partial charge is 0.550 e. The van der Waals surface area contributed by atoms with Gasteiger partial charge in [-0.05, 0) is 158 Å². The Labute approximate surface area is 611 Å². The third-order valence-corrected chi connectivity index (χ3v) is 18.3. The molecule has 2 amide bonds. The minimum absolute atomic E-state index is 0. The van der Waals surface area contributed by atoms with Crippen molar-refractivity contribution in [2.24, 2.45) is 5.73 Å². The Balaban J connectivity index is 0.000000226. The number of nitrogens with one attached hydrogen (secondary N) is 2. The van der Waals surface area contributed by atoms with Crippen molar-refractivity contribution >= 4 is 72.9 Å². The SMILES string of the molecule is CC(C)c1c(C(=O)Nc2ccccc2)c(-c2ccccc2)c(-c2ccc(F)cc2)n1CC[C@@H](O)C[C@@H](O)CC(=O)[O-].CC(C)c1c(C(=O)Nc2ccccc2)c(-c2ccccc2)c(-c2ccc(F)cc2)n1CC[C@@H](O)C[C@@H](O)CC(=O)[O-].NCCN(C1CCCCC1)C1CCCCC1.[Ca+2]. The van der Waals surface area contributed by atoms with Gasteiger partial charge in [0, 0.05) is 96.9 Å². The number of hydrogen-bond donors (Lipinski definition) is 7. The molecule has 6 aromatic carbocycles. The van der Waals surface area contributed by atoms with Gasteiger partial charge in [0.1, 0.15) is 11.6 Å². The summed E-state index contributed by atoms with van der Waals surface area (Å²) in [7, 11) is 0. The molecule has 19 heteroatoms. The number of aliphatic hydroxyl groups is 4. The molecular weight excluding hydrogens is 1280 g/mol. The van der Waals surface area contributed by atoms with Crippen molar-refractivity contribution < 1.29 is 58.6 Å². The number of halogens is 2. The van der Waals surface area contributed by atoms with Crippen LogP contribution in [0.4, 0.5) is 20.2 Å². The van der Waals surface area contributed by atoms with Crippen molar-refractivity contribution in [2.45, 2.75) is 192 Å². The summed E-state index contributed by atoms with van der Waals surface area (Å²) in [5.41, 5.74) is 15.2. The molecule has 2 aliphatic rings. The van der Waals surface area contributed by atoms with Crippen LogP contribution in [0.15, 0.2) is 170 Å². The molecule has 2 saturated carbocycles. The van der Waals surface area contributed by atoms with Crippen LogP contribution in [0.5, 0.6) is 0 Å². The number of aliphatic carboxylic acids is 2. The average Bonchev–Trinajstić information content (AvgIpc) is 1.60. The Bertz CT molecular complexity index is 3540. The topological polar surface area (TPSA) is 258 Å². The molecule has 99 heavy (non-hydrogen) atoms. The molecular formula is C80H96CaF2N6O10. The molecule has 8 aromatic rings. The maximum absolute atomic E-state index is 14.0. The van der Waals surface area contributed by atoms with Gasteiger partial charge in [-0.15, -0.1) is 0 Å². The van der Waals surface area contributed by atoms with Crippen molar-refractivity contribution in [3.63, 3.8) is 0 Å². The maximum Gasteiger partial charge on any atom is 2.00 e. The van der Waals surface area contributed by atoms with Gasteiger partial charge in [-0.1, -0.05) is 163 Å². The number of carbonyl (C=O) groups excluding carboxylic acids is 4. The standard InChI is InChI=1S/2C33H35FN2O5.C14H28N2.Ca/c2*1-21(2)31-30(33(41)35-25-11-7-4-8-12-25)29(22-9-5-3-6-10-22)32(23-13-15-24(34)16-14-23)36(31)18-17-26(37)19-27(38)20-28(39)40;15-11-12-16(13-7-3-1-4-8-13)14-9-5-2-6-10-14;/h2*3-16,21,26-27,37-38H,17-20H2,1-2H3,(H,35,41)(H,39,40);13-14H,1-12,15H2;/q;;;+2/p-2/t2*26-,27-;;/m11../s1. The summed E-state index contributed by atoms with van der Waals surface area (Å²) >= 11 is 0. The Morgan fingerprint density at radius 3 is 1.11 bits per heavy atom. The number of hydrogen-bond acceptors (Lipinski definition) is 12. The number of para-hydroxylation sites is 2. The number of carbonyl (C=O) groups is 4. The van der Waals surface area contributed by atoms with Crippen molar-refractivity contribution in [1.29, 1.82) is 0 Å². The predicted molar refractivity (Wildman–Crippen MR) is 384 cm³/mol. The summed E-state index contributed by atoms with van der Waals surface area (Å²) in [5, 5.41) is 69.2. The third-order valence-electron chi connectivity index (χ3n) is 18.3. The van der Waals surface area contributed by atoms with E-state index in [9.17, 15) is 58.6 Å². The predicted octanol–water partition coefficient (Wildman–Crippen LogP) is 12.5. The number of aromatic nitrogens is 2. The molecule has 2 fully saturated rings. The number of nitrogens with two attached hydrogens (primary N) is 1. The van der Waals surface area contributed by atoms with Gasteiger partial charge in [0.15, 0.2) is 0 Å². The van der Waals surface area contributed by atoms with Crippen molar-refractivity contribution in [3.8, 4) is 44.8 Å². The molecule has 16 nitrogen and oxygen atoms in total. The van der Waals surface area contributed by atoms with E-state index in [4.69, 9.17) is 5.73 Å². The molecule has 8 N–H and O–H groups in total. The number of aliphatic hydroxyl groups excluding tert-OH is 4. The van der Waals surface area contributed by atoms with Crippen molar-refractivity contribution in [3.05, 3.63) is 204 Å². The van der Waals surface area contributed by atoms with Gasteiger partial charge >= 0.3 is 37.7 Å². The van der Waals surface area contributed by atoms with E-state index < -0.39 is 60.8 Å². The number of carboxylic acid groups (broad SMARTS) is 2. The average molecular weight is 1380 g/mol. The second-order valence-corrected chi connectivity index (χ2v) is 26.4. The first kappa shape index (κ1) is 79.0. The number of nitrogens with zero attached hydrogens (tertiary/aromatic N) is 3. The largest absolute Gasteiger partial charge is 2.00 e. The minimum Gasteiger partial charge on any atom is -0.550 e. The van der Waals surface area contributed by atoms with Gasteiger partial charge < -0.3 is 65.7 Å². The van der Waals surface area contributed by atoms with Gasteiger partial charge in [-0.2, -0.15) is 0 Å².